The summed E-state index contributed by atoms with van der Waals surface area (Å²) in [5.74, 6) is 0.986. The molecular formula is C17H19N3O. The van der Waals surface area contributed by atoms with Crippen molar-refractivity contribution in [2.24, 2.45) is 5.73 Å². The van der Waals surface area contributed by atoms with Crippen LogP contribution in [-0.4, -0.2) is 18.6 Å². The first-order valence-corrected chi connectivity index (χ1v) is 7.09. The average molecular weight is 281 g/mol. The topological polar surface area (TPSA) is 55.3 Å². The van der Waals surface area contributed by atoms with Crippen LogP contribution in [0.4, 0.5) is 5.82 Å². The van der Waals surface area contributed by atoms with Crippen LogP contribution in [0.2, 0.25) is 0 Å². The highest BCUT2D eigenvalue weighted by Crippen LogP contribution is 2.24. The molecule has 3 rings (SSSR count). The maximum Gasteiger partial charge on any atom is 0.132 e. The van der Waals surface area contributed by atoms with Gasteiger partial charge >= 0.3 is 0 Å². The number of anilines is 1. The van der Waals surface area contributed by atoms with Crippen molar-refractivity contribution in [3.8, 4) is 0 Å². The lowest BCUT2D eigenvalue weighted by Crippen LogP contribution is -2.20. The molecule has 2 heterocycles. The van der Waals surface area contributed by atoms with E-state index in [9.17, 15) is 0 Å². The molecule has 0 fully saturated rings. The average Bonchev–Trinajstić information content (AvgIpc) is 2.99. The van der Waals surface area contributed by atoms with E-state index in [1.54, 1.807) is 12.5 Å². The third-order valence-electron chi connectivity index (χ3n) is 3.56. The summed E-state index contributed by atoms with van der Waals surface area (Å²) in [6.45, 7) is 1.38. The van der Waals surface area contributed by atoms with Crippen molar-refractivity contribution in [1.29, 1.82) is 0 Å². The molecule has 0 unspecified atom stereocenters. The smallest absolute Gasteiger partial charge is 0.132 e. The van der Waals surface area contributed by atoms with Gasteiger partial charge in [-0.05, 0) is 36.7 Å². The zero-order valence-electron chi connectivity index (χ0n) is 12.1. The van der Waals surface area contributed by atoms with E-state index in [-0.39, 0.29) is 0 Å². The van der Waals surface area contributed by atoms with Crippen LogP contribution in [0.1, 0.15) is 11.1 Å². The zero-order valence-corrected chi connectivity index (χ0v) is 12.1. The summed E-state index contributed by atoms with van der Waals surface area (Å²) in [5, 5.41) is 1.15. The fourth-order valence-electron chi connectivity index (χ4n) is 2.55. The minimum Gasteiger partial charge on any atom is -0.472 e. The Morgan fingerprint density at radius 2 is 2.10 bits per heavy atom. The Morgan fingerprint density at radius 1 is 1.24 bits per heavy atom. The van der Waals surface area contributed by atoms with Crippen LogP contribution in [0, 0.1) is 0 Å². The van der Waals surface area contributed by atoms with Gasteiger partial charge in [-0.2, -0.15) is 0 Å². The number of para-hydroxylation sites is 1. The predicted molar refractivity (Wildman–Crippen MR) is 85.3 cm³/mol. The van der Waals surface area contributed by atoms with E-state index < -0.39 is 0 Å². The molecule has 0 saturated heterocycles. The van der Waals surface area contributed by atoms with Gasteiger partial charge in [-0.25, -0.2) is 4.98 Å². The van der Waals surface area contributed by atoms with Crippen molar-refractivity contribution in [3.05, 3.63) is 60.1 Å². The number of hydrogen-bond acceptors (Lipinski definition) is 4. The zero-order chi connectivity index (χ0) is 14.7. The van der Waals surface area contributed by atoms with E-state index in [2.05, 4.69) is 17.0 Å². The first-order chi connectivity index (χ1) is 10.3. The number of rotatable bonds is 5. The number of aromatic nitrogens is 1. The molecule has 108 valence electrons. The first-order valence-electron chi connectivity index (χ1n) is 7.09. The van der Waals surface area contributed by atoms with Gasteiger partial charge in [-0.3, -0.25) is 0 Å². The van der Waals surface area contributed by atoms with Gasteiger partial charge in [0.2, 0.25) is 0 Å². The molecule has 0 amide bonds. The molecule has 2 N–H and O–H groups in total. The lowest BCUT2D eigenvalue weighted by Gasteiger charge is -2.21. The first kappa shape index (κ1) is 13.6. The van der Waals surface area contributed by atoms with Crippen molar-refractivity contribution in [3.63, 3.8) is 0 Å². The number of pyridine rings is 1. The molecule has 0 radical (unpaired) electrons. The minimum absolute atomic E-state index is 0.618. The normalized spacial score (nSPS) is 11.0. The molecule has 0 atom stereocenters. The van der Waals surface area contributed by atoms with Crippen molar-refractivity contribution in [2.75, 3.05) is 18.5 Å². The highest BCUT2D eigenvalue weighted by molar-refractivity contribution is 5.81. The third-order valence-corrected chi connectivity index (χ3v) is 3.56. The van der Waals surface area contributed by atoms with E-state index in [1.807, 2.05) is 31.3 Å². The third kappa shape index (κ3) is 2.90. The van der Waals surface area contributed by atoms with Gasteiger partial charge in [0, 0.05) is 24.5 Å². The molecule has 0 saturated carbocycles. The number of furan rings is 1. The van der Waals surface area contributed by atoms with Gasteiger partial charge < -0.3 is 15.1 Å². The van der Waals surface area contributed by atoms with Crippen LogP contribution < -0.4 is 10.6 Å². The summed E-state index contributed by atoms with van der Waals surface area (Å²) >= 11 is 0. The molecule has 4 nitrogen and oxygen atoms in total. The molecule has 2 aromatic heterocycles. The van der Waals surface area contributed by atoms with Gasteiger partial charge in [-0.15, -0.1) is 0 Å². The maximum atomic E-state index is 5.75. The van der Waals surface area contributed by atoms with Crippen LogP contribution in [-0.2, 0) is 13.0 Å². The molecule has 0 aliphatic carbocycles. The second-order valence-corrected chi connectivity index (χ2v) is 5.19. The molecule has 0 bridgehead atoms. The Kier molecular flexibility index (Phi) is 3.88. The van der Waals surface area contributed by atoms with Crippen molar-refractivity contribution in [2.45, 2.75) is 13.0 Å². The Balaban J connectivity index is 1.99. The van der Waals surface area contributed by atoms with Gasteiger partial charge in [0.05, 0.1) is 18.0 Å². The highest BCUT2D eigenvalue weighted by atomic mass is 16.3. The molecule has 0 spiro atoms. The monoisotopic (exact) mass is 281 g/mol. The largest absolute Gasteiger partial charge is 0.472 e. The highest BCUT2D eigenvalue weighted by Gasteiger charge is 2.11. The Hall–Kier alpha value is -2.33. The SMILES string of the molecule is CN(Cc1ccoc1)c1nc2ccccc2cc1CCN. The van der Waals surface area contributed by atoms with Gasteiger partial charge in [-0.1, -0.05) is 18.2 Å². The number of benzene rings is 1. The molecule has 4 heteroatoms. The van der Waals surface area contributed by atoms with Gasteiger partial charge in [0.25, 0.3) is 0 Å². The number of hydrogen-bond donors (Lipinski definition) is 1. The lowest BCUT2D eigenvalue weighted by atomic mass is 10.1. The van der Waals surface area contributed by atoms with Crippen molar-refractivity contribution >= 4 is 16.7 Å². The summed E-state index contributed by atoms with van der Waals surface area (Å²) < 4.78 is 5.13. The van der Waals surface area contributed by atoms with Gasteiger partial charge in [0.1, 0.15) is 5.82 Å². The van der Waals surface area contributed by atoms with Crippen LogP contribution >= 0.6 is 0 Å². The fraction of sp³-hybridized carbons (Fsp3) is 0.235. The maximum absolute atomic E-state index is 5.75. The quantitative estimate of drug-likeness (QED) is 0.781. The fourth-order valence-corrected chi connectivity index (χ4v) is 2.55. The molecule has 1 aromatic carbocycles. The Morgan fingerprint density at radius 3 is 2.86 bits per heavy atom. The summed E-state index contributed by atoms with van der Waals surface area (Å²) in [6, 6.07) is 12.3. The predicted octanol–water partition coefficient (Wildman–Crippen LogP) is 2.97. The number of nitrogens with zero attached hydrogens (tertiary/aromatic N) is 2. The van der Waals surface area contributed by atoms with E-state index >= 15 is 0 Å². The molecule has 21 heavy (non-hydrogen) atoms. The van der Waals surface area contributed by atoms with Crippen molar-refractivity contribution in [1.82, 2.24) is 4.98 Å². The summed E-state index contributed by atoms with van der Waals surface area (Å²) in [4.78, 5) is 6.96. The number of fused-ring (bicyclic) bond motifs is 1. The van der Waals surface area contributed by atoms with E-state index in [4.69, 9.17) is 15.1 Å². The van der Waals surface area contributed by atoms with Crippen LogP contribution in [0.3, 0.4) is 0 Å². The number of nitrogens with two attached hydrogens (primary N) is 1. The van der Waals surface area contributed by atoms with E-state index in [1.165, 1.54) is 5.56 Å². The van der Waals surface area contributed by atoms with Crippen LogP contribution in [0.5, 0.6) is 0 Å². The molecule has 3 aromatic rings. The summed E-state index contributed by atoms with van der Waals surface area (Å²) in [7, 11) is 2.05. The molecule has 0 aliphatic heterocycles. The second kappa shape index (κ2) is 5.97. The standard InChI is InChI=1S/C17H19N3O/c1-20(11-13-7-9-21-12-13)17-15(6-8-18)10-14-4-2-3-5-16(14)19-17/h2-5,7,9-10,12H,6,8,11,18H2,1H3. The van der Waals surface area contributed by atoms with Crippen LogP contribution in [0.25, 0.3) is 10.9 Å². The van der Waals surface area contributed by atoms with Crippen LogP contribution in [0.15, 0.2) is 53.3 Å². The minimum atomic E-state index is 0.618. The van der Waals surface area contributed by atoms with E-state index in [0.29, 0.717) is 6.54 Å². The van der Waals surface area contributed by atoms with E-state index in [0.717, 1.165) is 35.2 Å². The molecule has 0 aliphatic rings. The lowest BCUT2D eigenvalue weighted by molar-refractivity contribution is 0.563. The Bertz CT molecular complexity index is 722. The van der Waals surface area contributed by atoms with Gasteiger partial charge in [0.15, 0.2) is 0 Å². The Labute approximate surface area is 124 Å². The van der Waals surface area contributed by atoms with Crippen molar-refractivity contribution < 1.29 is 4.42 Å². The summed E-state index contributed by atoms with van der Waals surface area (Å²) in [5.41, 5.74) is 9.07. The second-order valence-electron chi connectivity index (χ2n) is 5.19. The molecular weight excluding hydrogens is 262 g/mol. The summed E-state index contributed by atoms with van der Waals surface area (Å²) in [6.07, 6.45) is 4.28.